The minimum absolute atomic E-state index is 0.0310. The Morgan fingerprint density at radius 1 is 1.03 bits per heavy atom. The summed E-state index contributed by atoms with van der Waals surface area (Å²) in [7, 11) is 1.44. The maximum Gasteiger partial charge on any atom is 0.412 e. The Bertz CT molecular complexity index is 1410. The molecule has 0 aliphatic carbocycles. The Morgan fingerprint density at radius 3 is 2.24 bits per heavy atom. The van der Waals surface area contributed by atoms with Gasteiger partial charge in [-0.1, -0.05) is 53.7 Å². The molecule has 4 rings (SSSR count). The fourth-order valence-electron chi connectivity index (χ4n) is 3.85. The molecule has 0 spiro atoms. The Hall–Kier alpha value is -4.66. The molecule has 2 N–H and O–H groups in total. The van der Waals surface area contributed by atoms with Gasteiger partial charge in [0.25, 0.3) is 0 Å². The molecule has 0 fully saturated rings. The number of rotatable bonds is 8. The van der Waals surface area contributed by atoms with Gasteiger partial charge in [0.1, 0.15) is 29.1 Å². The third kappa shape index (κ3) is 5.95. The number of nitrogens with zero attached hydrogens (tertiary/aromatic N) is 1. The van der Waals surface area contributed by atoms with Crippen LogP contribution in [0.3, 0.4) is 0 Å². The van der Waals surface area contributed by atoms with Gasteiger partial charge in [0.05, 0.1) is 13.5 Å². The highest BCUT2D eigenvalue weighted by molar-refractivity contribution is 5.91. The summed E-state index contributed by atoms with van der Waals surface area (Å²) in [5, 5.41) is 15.7. The number of hydrogen-bond acceptors (Lipinski definition) is 6. The minimum atomic E-state index is -0.879. The molecule has 0 saturated carbocycles. The number of halogens is 1. The van der Waals surface area contributed by atoms with Gasteiger partial charge in [-0.25, -0.2) is 9.18 Å². The lowest BCUT2D eigenvalue weighted by molar-refractivity contribution is -0.136. The van der Waals surface area contributed by atoms with Crippen LogP contribution in [-0.4, -0.2) is 29.4 Å². The van der Waals surface area contributed by atoms with Gasteiger partial charge in [0.15, 0.2) is 5.76 Å². The minimum Gasteiger partial charge on any atom is -0.497 e. The summed E-state index contributed by atoms with van der Waals surface area (Å²) in [6, 6.07) is 19.1. The number of benzene rings is 3. The summed E-state index contributed by atoms with van der Waals surface area (Å²) in [4.78, 5) is 23.5. The number of anilines is 1. The predicted octanol–water partition coefficient (Wildman–Crippen LogP) is 6.40. The maximum atomic E-state index is 14.3. The first-order valence-electron chi connectivity index (χ1n) is 11.4. The molecule has 8 nitrogen and oxygen atoms in total. The van der Waals surface area contributed by atoms with Crippen molar-refractivity contribution in [3.63, 3.8) is 0 Å². The second-order valence-electron chi connectivity index (χ2n) is 8.37. The van der Waals surface area contributed by atoms with Crippen LogP contribution >= 0.6 is 0 Å². The molecular formula is C28H25FN2O6. The van der Waals surface area contributed by atoms with Gasteiger partial charge >= 0.3 is 12.1 Å². The molecule has 1 amide bonds. The summed E-state index contributed by atoms with van der Waals surface area (Å²) < 4.78 is 30.0. The van der Waals surface area contributed by atoms with E-state index in [-0.39, 0.29) is 12.0 Å². The van der Waals surface area contributed by atoms with Gasteiger partial charge in [-0.15, -0.1) is 0 Å². The molecule has 0 radical (unpaired) electrons. The molecule has 1 atom stereocenters. The molecule has 1 heterocycles. The maximum absolute atomic E-state index is 14.3. The highest BCUT2D eigenvalue weighted by atomic mass is 19.1. The van der Waals surface area contributed by atoms with Crippen molar-refractivity contribution in [2.75, 3.05) is 12.4 Å². The number of amides is 1. The highest BCUT2D eigenvalue weighted by Crippen LogP contribution is 2.32. The first kappa shape index (κ1) is 25.4. The number of nitrogens with one attached hydrogen (secondary N) is 1. The average molecular weight is 505 g/mol. The molecular weight excluding hydrogens is 479 g/mol. The van der Waals surface area contributed by atoms with Crippen molar-refractivity contribution >= 4 is 17.7 Å². The van der Waals surface area contributed by atoms with Crippen LogP contribution < -0.4 is 10.1 Å². The van der Waals surface area contributed by atoms with Gasteiger partial charge in [-0.05, 0) is 42.7 Å². The summed E-state index contributed by atoms with van der Waals surface area (Å²) in [5.41, 5.74) is 4.25. The first-order chi connectivity index (χ1) is 17.7. The van der Waals surface area contributed by atoms with E-state index in [1.807, 2.05) is 36.4 Å². The van der Waals surface area contributed by atoms with E-state index in [9.17, 15) is 14.0 Å². The normalized spacial score (nSPS) is 11.6. The van der Waals surface area contributed by atoms with Crippen molar-refractivity contribution in [2.24, 2.45) is 0 Å². The van der Waals surface area contributed by atoms with Crippen LogP contribution in [0.5, 0.6) is 5.75 Å². The summed E-state index contributed by atoms with van der Waals surface area (Å²) in [5.74, 6) is -0.675. The molecule has 4 aromatic rings. The molecule has 0 saturated heterocycles. The number of methoxy groups -OCH3 is 1. The molecule has 0 bridgehead atoms. The average Bonchev–Trinajstić information content (AvgIpc) is 3.23. The van der Waals surface area contributed by atoms with Gasteiger partial charge in [0.2, 0.25) is 0 Å². The lowest BCUT2D eigenvalue weighted by atomic mass is 10.0. The number of hydrogen-bond donors (Lipinski definition) is 2. The summed E-state index contributed by atoms with van der Waals surface area (Å²) in [6.45, 7) is 3.23. The molecule has 37 heavy (non-hydrogen) atoms. The standard InChI is InChI=1S/C28H25FN2O6/c1-16(23-13-12-22(35-3)15-24(23)29)36-28(34)30-26-17(2)37-31-27(26)21-10-8-20(9-11-21)19-6-4-18(5-7-19)14-25(32)33/h4-13,15-16H,14H2,1-3H3,(H,30,34)(H,32,33). The van der Waals surface area contributed by atoms with Gasteiger partial charge < -0.3 is 19.1 Å². The van der Waals surface area contributed by atoms with Crippen LogP contribution in [0.2, 0.25) is 0 Å². The number of carbonyl (C=O) groups is 2. The van der Waals surface area contributed by atoms with Crippen LogP contribution in [0, 0.1) is 12.7 Å². The number of aryl methyl sites for hydroxylation is 1. The number of aromatic nitrogens is 1. The lowest BCUT2D eigenvalue weighted by Crippen LogP contribution is -2.17. The number of carboxylic acid groups (broad SMARTS) is 1. The zero-order valence-corrected chi connectivity index (χ0v) is 20.4. The second-order valence-corrected chi connectivity index (χ2v) is 8.37. The zero-order valence-electron chi connectivity index (χ0n) is 20.4. The number of aliphatic carboxylic acids is 1. The van der Waals surface area contributed by atoms with Crippen LogP contribution in [0.25, 0.3) is 22.4 Å². The van der Waals surface area contributed by atoms with Gasteiger partial charge in [-0.2, -0.15) is 0 Å². The topological polar surface area (TPSA) is 111 Å². The number of carboxylic acids is 1. The smallest absolute Gasteiger partial charge is 0.412 e. The van der Waals surface area contributed by atoms with E-state index in [0.717, 1.165) is 16.7 Å². The Morgan fingerprint density at radius 2 is 1.65 bits per heavy atom. The Balaban J connectivity index is 1.47. The van der Waals surface area contributed by atoms with Crippen LogP contribution in [0.1, 0.15) is 29.9 Å². The lowest BCUT2D eigenvalue weighted by Gasteiger charge is -2.15. The fourth-order valence-corrected chi connectivity index (χ4v) is 3.85. The van der Waals surface area contributed by atoms with E-state index >= 15 is 0 Å². The monoisotopic (exact) mass is 504 g/mol. The van der Waals surface area contributed by atoms with Crippen LogP contribution in [0.4, 0.5) is 14.9 Å². The van der Waals surface area contributed by atoms with Crippen molar-refractivity contribution < 1.29 is 33.1 Å². The van der Waals surface area contributed by atoms with E-state index in [4.69, 9.17) is 19.1 Å². The number of ether oxygens (including phenoxy) is 2. The van der Waals surface area contributed by atoms with E-state index in [2.05, 4.69) is 10.5 Å². The zero-order chi connectivity index (χ0) is 26.5. The largest absolute Gasteiger partial charge is 0.497 e. The van der Waals surface area contributed by atoms with E-state index in [0.29, 0.717) is 28.5 Å². The van der Waals surface area contributed by atoms with E-state index in [1.54, 1.807) is 32.0 Å². The number of carbonyl (C=O) groups excluding carboxylic acids is 1. The van der Waals surface area contributed by atoms with Crippen molar-refractivity contribution in [1.82, 2.24) is 5.16 Å². The SMILES string of the molecule is COc1ccc(C(C)OC(=O)Nc2c(-c3ccc(-c4ccc(CC(=O)O)cc4)cc3)noc2C)c(F)c1. The molecule has 0 aliphatic heterocycles. The predicted molar refractivity (Wildman–Crippen MR) is 135 cm³/mol. The van der Waals surface area contributed by atoms with Crippen molar-refractivity contribution in [1.29, 1.82) is 0 Å². The Labute approximate surface area is 212 Å². The molecule has 190 valence electrons. The molecule has 1 unspecified atom stereocenters. The molecule has 0 aliphatic rings. The summed E-state index contributed by atoms with van der Waals surface area (Å²) >= 11 is 0. The summed E-state index contributed by atoms with van der Waals surface area (Å²) in [6.07, 6.45) is -1.67. The van der Waals surface area contributed by atoms with Crippen molar-refractivity contribution in [3.05, 3.63) is 89.4 Å². The second kappa shape index (κ2) is 10.9. The molecule has 9 heteroatoms. The quantitative estimate of drug-likeness (QED) is 0.286. The van der Waals surface area contributed by atoms with Gasteiger partial charge in [0, 0.05) is 17.2 Å². The Kier molecular flexibility index (Phi) is 7.52. The van der Waals surface area contributed by atoms with Crippen LogP contribution in [0.15, 0.2) is 71.3 Å². The highest BCUT2D eigenvalue weighted by Gasteiger charge is 2.21. The van der Waals surface area contributed by atoms with Crippen LogP contribution in [-0.2, 0) is 16.0 Å². The van der Waals surface area contributed by atoms with Crippen molar-refractivity contribution in [3.8, 4) is 28.1 Å². The van der Waals surface area contributed by atoms with Crippen molar-refractivity contribution in [2.45, 2.75) is 26.4 Å². The molecule has 1 aromatic heterocycles. The van der Waals surface area contributed by atoms with E-state index in [1.165, 1.54) is 19.2 Å². The van der Waals surface area contributed by atoms with Gasteiger partial charge in [-0.3, -0.25) is 10.1 Å². The first-order valence-corrected chi connectivity index (χ1v) is 11.4. The molecule has 3 aromatic carbocycles. The third-order valence-electron chi connectivity index (χ3n) is 5.82. The fraction of sp³-hybridized carbons (Fsp3) is 0.179. The van der Waals surface area contributed by atoms with E-state index < -0.39 is 24.0 Å². The third-order valence-corrected chi connectivity index (χ3v) is 5.82.